The molecule has 0 radical (unpaired) electrons. The van der Waals surface area contributed by atoms with Crippen molar-refractivity contribution in [2.45, 2.75) is 64.0 Å². The standard InChI is InChI=1S/C25H34O3Se/c1-18-13-9-6-5-7-12-16-23(29-22-14-10-8-11-15-22)25(27)28-24(18)20(3)17-19(2)21(4)26/h5-6,8-11,13-15,17-19,21,23-24,26H,7,12,16H2,1-4H3/b6-5+,13-9-,20-17+/t18-,19-,21+,23?,24?/m0/s1. The summed E-state index contributed by atoms with van der Waals surface area (Å²) in [4.78, 5) is 13.1. The Kier molecular flexibility index (Phi) is 9.93. The maximum atomic E-state index is 13.2. The van der Waals surface area contributed by atoms with E-state index in [1.54, 1.807) is 6.92 Å². The fourth-order valence-electron chi connectivity index (χ4n) is 3.29. The van der Waals surface area contributed by atoms with Crippen molar-refractivity contribution < 1.29 is 14.6 Å². The van der Waals surface area contributed by atoms with Crippen LogP contribution in [-0.2, 0) is 9.53 Å². The number of carbonyl (C=O) groups is 1. The second kappa shape index (κ2) is 12.2. The fourth-order valence-corrected chi connectivity index (χ4v) is 5.55. The summed E-state index contributed by atoms with van der Waals surface area (Å²) in [6, 6.07) is 10.3. The summed E-state index contributed by atoms with van der Waals surface area (Å²) in [7, 11) is 0. The van der Waals surface area contributed by atoms with Gasteiger partial charge in [0.05, 0.1) is 0 Å². The van der Waals surface area contributed by atoms with Crippen LogP contribution in [0.4, 0.5) is 0 Å². The molecule has 29 heavy (non-hydrogen) atoms. The van der Waals surface area contributed by atoms with Crippen molar-refractivity contribution in [3.8, 4) is 0 Å². The molecule has 3 nitrogen and oxygen atoms in total. The van der Waals surface area contributed by atoms with E-state index in [0.29, 0.717) is 0 Å². The first kappa shape index (κ1) is 23.7. The van der Waals surface area contributed by atoms with E-state index in [1.165, 1.54) is 4.46 Å². The van der Waals surface area contributed by atoms with Crippen LogP contribution in [0.3, 0.4) is 0 Å². The zero-order valence-corrected chi connectivity index (χ0v) is 19.7. The number of cyclic esters (lactones) is 1. The molecule has 0 spiro atoms. The van der Waals surface area contributed by atoms with Gasteiger partial charge in [-0.2, -0.15) is 0 Å². The van der Waals surface area contributed by atoms with E-state index in [9.17, 15) is 9.90 Å². The summed E-state index contributed by atoms with van der Waals surface area (Å²) in [5.41, 5.74) is 0.996. The fraction of sp³-hybridized carbons (Fsp3) is 0.480. The molecule has 1 aromatic carbocycles. The molecule has 1 N–H and O–H groups in total. The molecule has 0 saturated carbocycles. The number of carbonyl (C=O) groups excluding carboxylic acids is 1. The summed E-state index contributed by atoms with van der Waals surface area (Å²) < 4.78 is 7.34. The van der Waals surface area contributed by atoms with Crippen LogP contribution in [0.25, 0.3) is 0 Å². The molecule has 0 amide bonds. The first-order chi connectivity index (χ1) is 13.9. The molecule has 1 aliphatic heterocycles. The molecule has 158 valence electrons. The third-order valence-corrected chi connectivity index (χ3v) is 7.88. The minimum atomic E-state index is -0.435. The SMILES string of the molecule is C/C(=C\[C@H](C)[C@@H](C)O)C1OC(=O)C([Se]c2ccccc2)CCC/C=C/C=C\[C@@H]1C. The van der Waals surface area contributed by atoms with Crippen LogP contribution in [0.2, 0.25) is 4.82 Å². The Labute approximate surface area is 182 Å². The molecule has 2 rings (SSSR count). The summed E-state index contributed by atoms with van der Waals surface area (Å²) in [5, 5.41) is 9.87. The molecule has 0 fully saturated rings. The van der Waals surface area contributed by atoms with Gasteiger partial charge in [-0.05, 0) is 0 Å². The van der Waals surface area contributed by atoms with E-state index in [0.717, 1.165) is 24.8 Å². The number of aliphatic hydroxyl groups excluding tert-OH is 1. The van der Waals surface area contributed by atoms with Gasteiger partial charge in [-0.15, -0.1) is 0 Å². The molecule has 1 aromatic rings. The monoisotopic (exact) mass is 462 g/mol. The van der Waals surface area contributed by atoms with Gasteiger partial charge in [-0.25, -0.2) is 0 Å². The van der Waals surface area contributed by atoms with Gasteiger partial charge in [0.25, 0.3) is 0 Å². The van der Waals surface area contributed by atoms with E-state index in [2.05, 4.69) is 37.3 Å². The van der Waals surface area contributed by atoms with E-state index in [4.69, 9.17) is 4.74 Å². The molecular formula is C25H34O3Se. The van der Waals surface area contributed by atoms with Crippen molar-refractivity contribution in [1.29, 1.82) is 0 Å². The van der Waals surface area contributed by atoms with Crippen LogP contribution in [0.15, 0.2) is 66.3 Å². The van der Waals surface area contributed by atoms with Crippen LogP contribution in [-0.4, -0.2) is 38.2 Å². The molecular weight excluding hydrogens is 427 g/mol. The second-order valence-corrected chi connectivity index (χ2v) is 10.6. The number of rotatable bonds is 5. The average molecular weight is 462 g/mol. The Hall–Kier alpha value is -1.61. The van der Waals surface area contributed by atoms with Crippen molar-refractivity contribution in [3.63, 3.8) is 0 Å². The van der Waals surface area contributed by atoms with Crippen LogP contribution < -0.4 is 4.46 Å². The Morgan fingerprint density at radius 1 is 1.24 bits per heavy atom. The van der Waals surface area contributed by atoms with Gasteiger partial charge in [-0.1, -0.05) is 0 Å². The summed E-state index contributed by atoms with van der Waals surface area (Å²) >= 11 is 0.0420. The van der Waals surface area contributed by atoms with Gasteiger partial charge in [0.2, 0.25) is 0 Å². The Morgan fingerprint density at radius 3 is 2.66 bits per heavy atom. The van der Waals surface area contributed by atoms with E-state index in [-0.39, 0.29) is 43.7 Å². The van der Waals surface area contributed by atoms with Gasteiger partial charge >= 0.3 is 182 Å². The molecule has 0 aromatic heterocycles. The van der Waals surface area contributed by atoms with Crippen molar-refractivity contribution in [1.82, 2.24) is 0 Å². The zero-order chi connectivity index (χ0) is 21.2. The second-order valence-electron chi connectivity index (χ2n) is 7.89. The normalized spacial score (nSPS) is 28.4. The van der Waals surface area contributed by atoms with Gasteiger partial charge in [0.1, 0.15) is 0 Å². The van der Waals surface area contributed by atoms with Gasteiger partial charge < -0.3 is 0 Å². The van der Waals surface area contributed by atoms with Crippen molar-refractivity contribution in [3.05, 3.63) is 66.3 Å². The molecule has 2 unspecified atom stereocenters. The third kappa shape index (κ3) is 7.97. The maximum absolute atomic E-state index is 13.2. The number of allylic oxidation sites excluding steroid dienone is 3. The summed E-state index contributed by atoms with van der Waals surface area (Å²) in [6.45, 7) is 7.85. The summed E-state index contributed by atoms with van der Waals surface area (Å²) in [5.74, 6) is -0.0260. The Bertz CT molecular complexity index is 721. The van der Waals surface area contributed by atoms with Crippen LogP contribution in [0, 0.1) is 11.8 Å². The number of benzene rings is 1. The minimum absolute atomic E-state index is 0.00972. The van der Waals surface area contributed by atoms with Gasteiger partial charge in [0.15, 0.2) is 0 Å². The number of aliphatic hydroxyl groups is 1. The average Bonchev–Trinajstić information content (AvgIpc) is 2.69. The van der Waals surface area contributed by atoms with E-state index in [1.807, 2.05) is 44.2 Å². The third-order valence-electron chi connectivity index (χ3n) is 5.24. The predicted molar refractivity (Wildman–Crippen MR) is 121 cm³/mol. The molecule has 0 saturated heterocycles. The molecule has 0 bridgehead atoms. The number of ether oxygens (including phenoxy) is 1. The van der Waals surface area contributed by atoms with Crippen molar-refractivity contribution in [2.75, 3.05) is 0 Å². The van der Waals surface area contributed by atoms with E-state index >= 15 is 0 Å². The van der Waals surface area contributed by atoms with Crippen LogP contribution in [0.1, 0.15) is 47.0 Å². The predicted octanol–water partition coefficient (Wildman–Crippen LogP) is 4.61. The molecule has 1 aliphatic rings. The molecule has 4 heteroatoms. The topological polar surface area (TPSA) is 46.5 Å². The number of esters is 1. The molecule has 0 aliphatic carbocycles. The Morgan fingerprint density at radius 2 is 1.97 bits per heavy atom. The first-order valence-electron chi connectivity index (χ1n) is 10.5. The van der Waals surface area contributed by atoms with Crippen LogP contribution >= 0.6 is 0 Å². The van der Waals surface area contributed by atoms with E-state index < -0.39 is 6.10 Å². The quantitative estimate of drug-likeness (QED) is 0.396. The first-order valence-corrected chi connectivity index (χ1v) is 12.3. The van der Waals surface area contributed by atoms with Crippen molar-refractivity contribution in [2.24, 2.45) is 11.8 Å². The van der Waals surface area contributed by atoms with Crippen molar-refractivity contribution >= 4 is 25.4 Å². The molecule has 1 heterocycles. The summed E-state index contributed by atoms with van der Waals surface area (Å²) in [6.07, 6.45) is 12.5. The van der Waals surface area contributed by atoms with Gasteiger partial charge in [-0.3, -0.25) is 0 Å². The van der Waals surface area contributed by atoms with Crippen LogP contribution in [0.5, 0.6) is 0 Å². The number of hydrogen-bond donors (Lipinski definition) is 1. The van der Waals surface area contributed by atoms with Gasteiger partial charge in [0, 0.05) is 0 Å². The number of hydrogen-bond acceptors (Lipinski definition) is 3. The zero-order valence-electron chi connectivity index (χ0n) is 18.0. The molecule has 5 atom stereocenters. The Balaban J connectivity index is 2.27.